The predicted octanol–water partition coefficient (Wildman–Crippen LogP) is 2.73. The van der Waals surface area contributed by atoms with Gasteiger partial charge in [0.15, 0.2) is 11.5 Å². The lowest BCUT2D eigenvalue weighted by atomic mass is 10.1. The highest BCUT2D eigenvalue weighted by molar-refractivity contribution is 5.96. The zero-order chi connectivity index (χ0) is 17.0. The van der Waals surface area contributed by atoms with Crippen LogP contribution in [0.1, 0.15) is 21.5 Å². The van der Waals surface area contributed by atoms with Crippen LogP contribution in [0, 0.1) is 6.92 Å². The zero-order valence-electron chi connectivity index (χ0n) is 13.5. The molecule has 0 saturated carbocycles. The molecule has 5 nitrogen and oxygen atoms in total. The van der Waals surface area contributed by atoms with Crippen molar-refractivity contribution in [3.63, 3.8) is 0 Å². The third-order valence-electron chi connectivity index (χ3n) is 3.78. The first-order valence-electron chi connectivity index (χ1n) is 7.33. The van der Waals surface area contributed by atoms with Crippen LogP contribution in [-0.4, -0.2) is 41.7 Å². The second kappa shape index (κ2) is 7.05. The molecular weight excluding hydrogens is 294 g/mol. The Morgan fingerprint density at radius 2 is 1.83 bits per heavy atom. The standard InChI is InChI=1S/C18H21NO4/c1-12-10-17(23-3)16(21)11-15(12)18(22)19(2)9-8-13-4-6-14(20)7-5-13/h4-7,10-11,20-21H,8-9H2,1-3H3. The number of ether oxygens (including phenoxy) is 1. The van der Waals surface area contributed by atoms with Crippen LogP contribution in [0.25, 0.3) is 0 Å². The number of rotatable bonds is 5. The summed E-state index contributed by atoms with van der Waals surface area (Å²) in [5.74, 6) is 0.376. The minimum absolute atomic E-state index is 0.0478. The van der Waals surface area contributed by atoms with Gasteiger partial charge in [-0.2, -0.15) is 0 Å². The van der Waals surface area contributed by atoms with Crippen LogP contribution in [-0.2, 0) is 6.42 Å². The van der Waals surface area contributed by atoms with Gasteiger partial charge < -0.3 is 19.8 Å². The lowest BCUT2D eigenvalue weighted by molar-refractivity contribution is 0.0795. The topological polar surface area (TPSA) is 70.0 Å². The third kappa shape index (κ3) is 3.94. The highest BCUT2D eigenvalue weighted by Crippen LogP contribution is 2.29. The SMILES string of the molecule is COc1cc(C)c(C(=O)N(C)CCc2ccc(O)cc2)cc1O. The van der Waals surface area contributed by atoms with E-state index in [9.17, 15) is 15.0 Å². The van der Waals surface area contributed by atoms with Crippen molar-refractivity contribution >= 4 is 5.91 Å². The number of aryl methyl sites for hydroxylation is 1. The van der Waals surface area contributed by atoms with Gasteiger partial charge in [0.1, 0.15) is 5.75 Å². The molecule has 23 heavy (non-hydrogen) atoms. The van der Waals surface area contributed by atoms with E-state index in [1.165, 1.54) is 13.2 Å². The van der Waals surface area contributed by atoms with Crippen LogP contribution in [0.4, 0.5) is 0 Å². The molecule has 122 valence electrons. The van der Waals surface area contributed by atoms with Gasteiger partial charge in [-0.05, 0) is 48.7 Å². The highest BCUT2D eigenvalue weighted by atomic mass is 16.5. The van der Waals surface area contributed by atoms with Crippen LogP contribution in [0.2, 0.25) is 0 Å². The fourth-order valence-electron chi connectivity index (χ4n) is 2.33. The van der Waals surface area contributed by atoms with Crippen LogP contribution in [0.5, 0.6) is 17.2 Å². The number of phenols is 2. The molecule has 0 saturated heterocycles. The van der Waals surface area contributed by atoms with Gasteiger partial charge in [-0.25, -0.2) is 0 Å². The summed E-state index contributed by atoms with van der Waals surface area (Å²) in [4.78, 5) is 14.1. The molecule has 2 N–H and O–H groups in total. The molecule has 0 heterocycles. The molecule has 1 amide bonds. The number of methoxy groups -OCH3 is 1. The van der Waals surface area contributed by atoms with E-state index in [-0.39, 0.29) is 17.4 Å². The number of benzene rings is 2. The molecule has 2 rings (SSSR count). The Morgan fingerprint density at radius 1 is 1.17 bits per heavy atom. The lowest BCUT2D eigenvalue weighted by Crippen LogP contribution is -2.29. The smallest absolute Gasteiger partial charge is 0.254 e. The van der Waals surface area contributed by atoms with E-state index in [4.69, 9.17) is 4.74 Å². The van der Waals surface area contributed by atoms with Gasteiger partial charge in [0.25, 0.3) is 5.91 Å². The first kappa shape index (κ1) is 16.7. The van der Waals surface area contributed by atoms with Crippen molar-refractivity contribution in [1.29, 1.82) is 0 Å². The molecule has 0 radical (unpaired) electrons. The van der Waals surface area contributed by atoms with Gasteiger partial charge in [-0.15, -0.1) is 0 Å². The second-order valence-electron chi connectivity index (χ2n) is 5.48. The normalized spacial score (nSPS) is 10.4. The Bertz CT molecular complexity index is 695. The van der Waals surface area contributed by atoms with Gasteiger partial charge in [-0.3, -0.25) is 4.79 Å². The first-order chi connectivity index (χ1) is 10.9. The summed E-state index contributed by atoms with van der Waals surface area (Å²) in [5.41, 5.74) is 2.24. The number of carbonyl (C=O) groups is 1. The summed E-state index contributed by atoms with van der Waals surface area (Å²) in [6.45, 7) is 2.35. The van der Waals surface area contributed by atoms with E-state index in [1.807, 2.05) is 19.1 Å². The summed E-state index contributed by atoms with van der Waals surface area (Å²) in [5, 5.41) is 19.1. The molecule has 0 aliphatic carbocycles. The minimum Gasteiger partial charge on any atom is -0.508 e. The zero-order valence-corrected chi connectivity index (χ0v) is 13.5. The maximum Gasteiger partial charge on any atom is 0.254 e. The number of aromatic hydroxyl groups is 2. The summed E-state index contributed by atoms with van der Waals surface area (Å²) < 4.78 is 5.04. The van der Waals surface area contributed by atoms with Crippen molar-refractivity contribution in [2.24, 2.45) is 0 Å². The van der Waals surface area contributed by atoms with E-state index >= 15 is 0 Å². The average molecular weight is 315 g/mol. The fraction of sp³-hybridized carbons (Fsp3) is 0.278. The summed E-state index contributed by atoms with van der Waals surface area (Å²) in [6, 6.07) is 10.0. The van der Waals surface area contributed by atoms with Crippen molar-refractivity contribution in [3.8, 4) is 17.2 Å². The molecule has 0 spiro atoms. The maximum atomic E-state index is 12.5. The highest BCUT2D eigenvalue weighted by Gasteiger charge is 2.17. The van der Waals surface area contributed by atoms with Crippen LogP contribution < -0.4 is 4.74 Å². The van der Waals surface area contributed by atoms with Crippen molar-refractivity contribution < 1.29 is 19.7 Å². The molecule has 2 aromatic carbocycles. The Kier molecular flexibility index (Phi) is 5.11. The fourth-order valence-corrected chi connectivity index (χ4v) is 2.33. The van der Waals surface area contributed by atoms with Gasteiger partial charge in [-0.1, -0.05) is 12.1 Å². The Hall–Kier alpha value is -2.69. The predicted molar refractivity (Wildman–Crippen MR) is 88.2 cm³/mol. The van der Waals surface area contributed by atoms with E-state index in [2.05, 4.69) is 0 Å². The van der Waals surface area contributed by atoms with Crippen LogP contribution in [0.3, 0.4) is 0 Å². The molecule has 5 heteroatoms. The van der Waals surface area contributed by atoms with E-state index in [1.54, 1.807) is 30.1 Å². The number of nitrogens with zero attached hydrogens (tertiary/aromatic N) is 1. The molecule has 0 fully saturated rings. The molecule has 2 aromatic rings. The number of phenolic OH excluding ortho intramolecular Hbond substituents is 2. The molecular formula is C18H21NO4. The summed E-state index contributed by atoms with van der Waals surface area (Å²) in [6.07, 6.45) is 0.684. The Morgan fingerprint density at radius 3 is 2.43 bits per heavy atom. The molecule has 0 aromatic heterocycles. The average Bonchev–Trinajstić information content (AvgIpc) is 2.55. The van der Waals surface area contributed by atoms with Crippen LogP contribution in [0.15, 0.2) is 36.4 Å². The van der Waals surface area contributed by atoms with E-state index in [0.717, 1.165) is 11.1 Å². The van der Waals surface area contributed by atoms with Crippen LogP contribution >= 0.6 is 0 Å². The van der Waals surface area contributed by atoms with E-state index < -0.39 is 0 Å². The van der Waals surface area contributed by atoms with Crippen molar-refractivity contribution in [2.75, 3.05) is 20.7 Å². The lowest BCUT2D eigenvalue weighted by Gasteiger charge is -2.19. The monoisotopic (exact) mass is 315 g/mol. The molecule has 0 aliphatic rings. The van der Waals surface area contributed by atoms with Gasteiger partial charge in [0.05, 0.1) is 7.11 Å². The Balaban J connectivity index is 2.07. The Labute approximate surface area is 135 Å². The number of amides is 1. The number of hydrogen-bond donors (Lipinski definition) is 2. The van der Waals surface area contributed by atoms with Gasteiger partial charge >= 0.3 is 0 Å². The summed E-state index contributed by atoms with van der Waals surface area (Å²) >= 11 is 0. The number of hydrogen-bond acceptors (Lipinski definition) is 4. The van der Waals surface area contributed by atoms with Crippen molar-refractivity contribution in [1.82, 2.24) is 4.90 Å². The maximum absolute atomic E-state index is 12.5. The minimum atomic E-state index is -0.153. The second-order valence-corrected chi connectivity index (χ2v) is 5.48. The molecule has 0 bridgehead atoms. The number of carbonyl (C=O) groups excluding carboxylic acids is 1. The van der Waals surface area contributed by atoms with Gasteiger partial charge in [0, 0.05) is 19.2 Å². The van der Waals surface area contributed by atoms with Crippen molar-refractivity contribution in [3.05, 3.63) is 53.1 Å². The number of likely N-dealkylation sites (N-methyl/N-ethyl adjacent to an activating group) is 1. The third-order valence-corrected chi connectivity index (χ3v) is 3.78. The summed E-state index contributed by atoms with van der Waals surface area (Å²) in [7, 11) is 3.20. The molecule has 0 unspecified atom stereocenters. The molecule has 0 aliphatic heterocycles. The molecule has 0 atom stereocenters. The largest absolute Gasteiger partial charge is 0.508 e. The first-order valence-corrected chi connectivity index (χ1v) is 7.33. The quantitative estimate of drug-likeness (QED) is 0.890. The van der Waals surface area contributed by atoms with Crippen molar-refractivity contribution in [2.45, 2.75) is 13.3 Å². The van der Waals surface area contributed by atoms with E-state index in [0.29, 0.717) is 24.3 Å². The van der Waals surface area contributed by atoms with Gasteiger partial charge in [0.2, 0.25) is 0 Å².